The van der Waals surface area contributed by atoms with Crippen molar-refractivity contribution in [2.24, 2.45) is 5.41 Å². The van der Waals surface area contributed by atoms with Crippen molar-refractivity contribution in [1.82, 2.24) is 4.40 Å². The molecular weight excluding hydrogens is 671 g/mol. The molecule has 0 bridgehead atoms. The molecule has 0 N–H and O–H groups in total. The van der Waals surface area contributed by atoms with Crippen LogP contribution in [0.25, 0.3) is 82.5 Å². The molecule has 2 atom stereocenters. The number of aromatic nitrogens is 3. The Balaban J connectivity index is 1.15. The summed E-state index contributed by atoms with van der Waals surface area (Å²) >= 11 is 0. The first kappa shape index (κ1) is 31.4. The number of aryl methyl sites for hydroxylation is 2. The number of para-hydroxylation sites is 2. The highest BCUT2D eigenvalue weighted by atomic mass is 16.3. The van der Waals surface area contributed by atoms with E-state index in [2.05, 4.69) is 168 Å². The Morgan fingerprint density at radius 2 is 1.47 bits per heavy atom. The summed E-state index contributed by atoms with van der Waals surface area (Å²) < 4.78 is 14.4. The predicted octanol–water partition coefficient (Wildman–Crippen LogP) is 11.9. The van der Waals surface area contributed by atoms with E-state index in [-0.39, 0.29) is 5.41 Å². The summed E-state index contributed by atoms with van der Waals surface area (Å²) in [7, 11) is 0. The minimum Gasteiger partial charge on any atom is -0.456 e. The van der Waals surface area contributed by atoms with E-state index in [9.17, 15) is 0 Å². The Kier molecular flexibility index (Phi) is 6.43. The van der Waals surface area contributed by atoms with Gasteiger partial charge in [-0.2, -0.15) is 9.13 Å². The average molecular weight is 714 g/mol. The van der Waals surface area contributed by atoms with Crippen molar-refractivity contribution < 1.29 is 13.6 Å². The van der Waals surface area contributed by atoms with Gasteiger partial charge >= 0.3 is 0 Å². The van der Waals surface area contributed by atoms with Crippen LogP contribution >= 0.6 is 0 Å². The maximum absolute atomic E-state index is 6.65. The first-order valence-electron chi connectivity index (χ1n) is 20.1. The lowest BCUT2D eigenvalue weighted by molar-refractivity contribution is -0.738. The topological polar surface area (TPSA) is 25.3 Å². The lowest BCUT2D eigenvalue weighted by atomic mass is 9.77. The van der Waals surface area contributed by atoms with Crippen LogP contribution < -0.4 is 9.13 Å². The van der Waals surface area contributed by atoms with Crippen molar-refractivity contribution >= 4 is 60.0 Å². The Hall–Kier alpha value is -6.00. The van der Waals surface area contributed by atoms with E-state index in [1.165, 1.54) is 88.1 Å². The molecule has 5 aromatic carbocycles. The van der Waals surface area contributed by atoms with Crippen LogP contribution in [-0.2, 0) is 19.4 Å². The molecule has 0 aliphatic carbocycles. The fraction of sp³-hybridized carbons (Fsp3) is 0.216. The first-order valence-corrected chi connectivity index (χ1v) is 20.1. The number of hydrogen-bond donors (Lipinski definition) is 0. The van der Waals surface area contributed by atoms with Gasteiger partial charge in [0.05, 0.1) is 28.5 Å². The smallest absolute Gasteiger partial charge is 0.213 e. The zero-order valence-electron chi connectivity index (χ0n) is 31.6. The van der Waals surface area contributed by atoms with E-state index in [1.54, 1.807) is 0 Å². The van der Waals surface area contributed by atoms with Crippen molar-refractivity contribution in [3.05, 3.63) is 150 Å². The van der Waals surface area contributed by atoms with E-state index >= 15 is 0 Å². The molecule has 0 amide bonds. The van der Waals surface area contributed by atoms with Crippen LogP contribution in [0.2, 0.25) is 0 Å². The molecule has 0 spiro atoms. The highest BCUT2D eigenvalue weighted by molar-refractivity contribution is 6.34. The first-order chi connectivity index (χ1) is 26.9. The van der Waals surface area contributed by atoms with Gasteiger partial charge in [-0.1, -0.05) is 75.4 Å². The van der Waals surface area contributed by atoms with Crippen LogP contribution in [0.1, 0.15) is 62.3 Å². The summed E-state index contributed by atoms with van der Waals surface area (Å²) in [6.07, 6.45) is 8.89. The second kappa shape index (κ2) is 11.3. The molecule has 0 fully saturated rings. The fourth-order valence-corrected chi connectivity index (χ4v) is 10.7. The number of rotatable bonds is 1. The van der Waals surface area contributed by atoms with E-state index in [0.29, 0.717) is 12.0 Å². The average Bonchev–Trinajstić information content (AvgIpc) is 3.84. The van der Waals surface area contributed by atoms with Gasteiger partial charge in [0.15, 0.2) is 25.0 Å². The SMILES string of the molecule is CC(C)(C)Cc1cc[n+]2c(c1)-c1cc3c4cc5oc6ccccc6c5c5c6ccccc6n(c3cc1CCC1c3ccccc3-c3cccc[n+]3C1CC2)c45. The highest BCUT2D eigenvalue weighted by Gasteiger charge is 2.41. The number of benzene rings is 5. The second-order valence-electron chi connectivity index (χ2n) is 17.4. The van der Waals surface area contributed by atoms with Crippen LogP contribution in [0.5, 0.6) is 0 Å². The van der Waals surface area contributed by atoms with Gasteiger partial charge in [-0.05, 0) is 83.8 Å². The molecule has 4 heteroatoms. The highest BCUT2D eigenvalue weighted by Crippen LogP contribution is 2.48. The molecule has 4 nitrogen and oxygen atoms in total. The summed E-state index contributed by atoms with van der Waals surface area (Å²) in [5.41, 5.74) is 15.7. The Bertz CT molecular complexity index is 3190. The lowest BCUT2D eigenvalue weighted by Crippen LogP contribution is -2.50. The predicted molar refractivity (Wildman–Crippen MR) is 224 cm³/mol. The number of furan rings is 1. The van der Waals surface area contributed by atoms with Gasteiger partial charge in [0, 0.05) is 68.1 Å². The fourth-order valence-electron chi connectivity index (χ4n) is 10.7. The monoisotopic (exact) mass is 713 g/mol. The molecular formula is C51H43N3O+2. The number of pyridine rings is 2. The molecule has 0 saturated heterocycles. The third-order valence-corrected chi connectivity index (χ3v) is 12.9. The molecule has 2 aliphatic rings. The van der Waals surface area contributed by atoms with Crippen molar-refractivity contribution in [3.63, 3.8) is 0 Å². The van der Waals surface area contributed by atoms with Gasteiger partial charge in [0.1, 0.15) is 11.2 Å². The van der Waals surface area contributed by atoms with E-state index < -0.39 is 0 Å². The van der Waals surface area contributed by atoms with Gasteiger partial charge in [-0.3, -0.25) is 0 Å². The molecule has 266 valence electrons. The van der Waals surface area contributed by atoms with Crippen LogP contribution in [-0.4, -0.2) is 4.40 Å². The third-order valence-electron chi connectivity index (χ3n) is 12.9. The third kappa shape index (κ3) is 4.51. The van der Waals surface area contributed by atoms with E-state index in [1.807, 2.05) is 0 Å². The number of hydrogen-bond acceptors (Lipinski definition) is 1. The summed E-state index contributed by atoms with van der Waals surface area (Å²) in [4.78, 5) is 0. The molecule has 0 radical (unpaired) electrons. The summed E-state index contributed by atoms with van der Waals surface area (Å²) in [6.45, 7) is 7.99. The molecule has 0 saturated carbocycles. The Morgan fingerprint density at radius 3 is 2.38 bits per heavy atom. The van der Waals surface area contributed by atoms with Crippen molar-refractivity contribution in [3.8, 4) is 22.5 Å². The van der Waals surface area contributed by atoms with Crippen LogP contribution in [0, 0.1) is 5.41 Å². The summed E-state index contributed by atoms with van der Waals surface area (Å²) in [6, 6.07) is 46.1. The molecule has 2 unspecified atom stereocenters. The Morgan fingerprint density at radius 1 is 0.655 bits per heavy atom. The largest absolute Gasteiger partial charge is 0.456 e. The zero-order chi connectivity index (χ0) is 36.6. The van der Waals surface area contributed by atoms with Crippen LogP contribution in [0.15, 0.2) is 138 Å². The standard InChI is InChI=1S/C51H43N3O/c1-51(2,3)30-31-21-24-52-25-22-42-35(33-12-4-5-13-34(33)41-16-10-11-23-53(41)42)20-19-32-27-45-39(28-38(32)44(52)26-31)40-29-47-48(37-15-7-9-18-46(37)55-47)49-36-14-6-8-17-43(36)54(45)50(40)49/h4-18,21,23-24,26-29,35,42H,19-20,22,25,30H2,1-3H3/q+2. The minimum absolute atomic E-state index is 0.191. The summed E-state index contributed by atoms with van der Waals surface area (Å²) in [5.74, 6) is 0.413. The lowest BCUT2D eigenvalue weighted by Gasteiger charge is -2.31. The van der Waals surface area contributed by atoms with Gasteiger partial charge < -0.3 is 8.82 Å². The van der Waals surface area contributed by atoms with Gasteiger partial charge in [0.25, 0.3) is 0 Å². The van der Waals surface area contributed by atoms with Crippen LogP contribution in [0.4, 0.5) is 0 Å². The molecule has 5 aromatic heterocycles. The van der Waals surface area contributed by atoms with E-state index in [4.69, 9.17) is 4.42 Å². The van der Waals surface area contributed by atoms with Gasteiger partial charge in [-0.15, -0.1) is 0 Å². The van der Waals surface area contributed by atoms with Crippen LogP contribution in [0.3, 0.4) is 0 Å². The minimum atomic E-state index is 0.191. The van der Waals surface area contributed by atoms with Gasteiger partial charge in [-0.25, -0.2) is 0 Å². The molecule has 7 heterocycles. The zero-order valence-corrected chi connectivity index (χ0v) is 31.6. The number of fused-ring (bicyclic) bond motifs is 19. The van der Waals surface area contributed by atoms with Crippen molar-refractivity contribution in [2.45, 2.75) is 65.0 Å². The Labute approximate surface area is 320 Å². The van der Waals surface area contributed by atoms with E-state index in [0.717, 1.165) is 43.4 Å². The number of nitrogens with zero attached hydrogens (tertiary/aromatic N) is 3. The molecule has 2 aliphatic heterocycles. The second-order valence-corrected chi connectivity index (χ2v) is 17.4. The maximum Gasteiger partial charge on any atom is 0.213 e. The maximum atomic E-state index is 6.65. The normalized spacial score (nSPS) is 17.1. The van der Waals surface area contributed by atoms with Gasteiger partial charge in [0.2, 0.25) is 11.4 Å². The van der Waals surface area contributed by atoms with Crippen molar-refractivity contribution in [2.75, 3.05) is 0 Å². The quantitative estimate of drug-likeness (QED) is 0.156. The molecule has 12 rings (SSSR count). The van der Waals surface area contributed by atoms with Crippen molar-refractivity contribution in [1.29, 1.82) is 0 Å². The molecule has 10 aromatic rings. The summed E-state index contributed by atoms with van der Waals surface area (Å²) in [5, 5.41) is 7.54. The molecule has 55 heavy (non-hydrogen) atoms.